The minimum Gasteiger partial charge on any atom is -0.392 e. The van der Waals surface area contributed by atoms with Gasteiger partial charge in [0.15, 0.2) is 0 Å². The minimum absolute atomic E-state index is 0.0166. The van der Waals surface area contributed by atoms with E-state index in [1.54, 1.807) is 0 Å². The average molecular weight is 260 g/mol. The summed E-state index contributed by atoms with van der Waals surface area (Å²) in [6.45, 7) is 1.80. The summed E-state index contributed by atoms with van der Waals surface area (Å²) in [7, 11) is 0. The monoisotopic (exact) mass is 259 g/mol. The second-order valence-corrected chi connectivity index (χ2v) is 4.99. The van der Waals surface area contributed by atoms with E-state index in [0.29, 0.717) is 5.02 Å². The first-order valence-electron chi connectivity index (χ1n) is 5.99. The maximum absolute atomic E-state index is 9.43. The van der Waals surface area contributed by atoms with Crippen LogP contribution in [0.25, 0.3) is 0 Å². The quantitative estimate of drug-likeness (QED) is 0.894. The SMILES string of the molecule is OCc1cc(Cl)ccc1N1Cc2ccccc2C1. The Kier molecular flexibility index (Phi) is 2.98. The van der Waals surface area contributed by atoms with Crippen molar-refractivity contribution in [2.75, 3.05) is 4.90 Å². The molecular weight excluding hydrogens is 246 g/mol. The first-order valence-corrected chi connectivity index (χ1v) is 6.37. The average Bonchev–Trinajstić information content (AvgIpc) is 2.82. The maximum atomic E-state index is 9.43. The highest BCUT2D eigenvalue weighted by Gasteiger charge is 2.20. The summed E-state index contributed by atoms with van der Waals surface area (Å²) in [5.41, 5.74) is 4.67. The molecule has 1 N–H and O–H groups in total. The van der Waals surface area contributed by atoms with Crippen molar-refractivity contribution in [3.05, 3.63) is 64.2 Å². The molecule has 1 aliphatic heterocycles. The van der Waals surface area contributed by atoms with E-state index in [0.717, 1.165) is 24.3 Å². The van der Waals surface area contributed by atoms with Gasteiger partial charge in [-0.15, -0.1) is 0 Å². The Morgan fingerprint density at radius 2 is 1.72 bits per heavy atom. The number of hydrogen-bond acceptors (Lipinski definition) is 2. The fraction of sp³-hybridized carbons (Fsp3) is 0.200. The topological polar surface area (TPSA) is 23.5 Å². The van der Waals surface area contributed by atoms with Crippen LogP contribution < -0.4 is 4.90 Å². The van der Waals surface area contributed by atoms with Gasteiger partial charge in [-0.25, -0.2) is 0 Å². The Morgan fingerprint density at radius 3 is 2.33 bits per heavy atom. The predicted octanol–water partition coefficient (Wildman–Crippen LogP) is 3.35. The molecule has 0 spiro atoms. The van der Waals surface area contributed by atoms with Gasteiger partial charge in [-0.1, -0.05) is 35.9 Å². The summed E-state index contributed by atoms with van der Waals surface area (Å²) in [5, 5.41) is 10.1. The molecule has 3 rings (SSSR count). The van der Waals surface area contributed by atoms with Crippen molar-refractivity contribution in [2.45, 2.75) is 19.7 Å². The molecule has 0 radical (unpaired) electrons. The minimum atomic E-state index is 0.0166. The lowest BCUT2D eigenvalue weighted by molar-refractivity contribution is 0.282. The summed E-state index contributed by atoms with van der Waals surface area (Å²) in [6, 6.07) is 14.1. The van der Waals surface area contributed by atoms with Gasteiger partial charge >= 0.3 is 0 Å². The molecule has 1 heterocycles. The van der Waals surface area contributed by atoms with Gasteiger partial charge in [0, 0.05) is 29.4 Å². The van der Waals surface area contributed by atoms with Gasteiger partial charge in [-0.2, -0.15) is 0 Å². The van der Waals surface area contributed by atoms with Gasteiger partial charge in [0.1, 0.15) is 0 Å². The van der Waals surface area contributed by atoms with Crippen molar-refractivity contribution < 1.29 is 5.11 Å². The van der Waals surface area contributed by atoms with Crippen LogP contribution in [0.1, 0.15) is 16.7 Å². The zero-order valence-electron chi connectivity index (χ0n) is 9.94. The van der Waals surface area contributed by atoms with Crippen molar-refractivity contribution in [1.29, 1.82) is 0 Å². The van der Waals surface area contributed by atoms with Crippen molar-refractivity contribution in [3.63, 3.8) is 0 Å². The van der Waals surface area contributed by atoms with Crippen molar-refractivity contribution in [2.24, 2.45) is 0 Å². The fourth-order valence-corrected chi connectivity index (χ4v) is 2.69. The van der Waals surface area contributed by atoms with E-state index in [1.165, 1.54) is 11.1 Å². The molecule has 0 atom stereocenters. The van der Waals surface area contributed by atoms with E-state index in [4.69, 9.17) is 11.6 Å². The third-order valence-electron chi connectivity index (χ3n) is 3.39. The zero-order chi connectivity index (χ0) is 12.5. The zero-order valence-corrected chi connectivity index (χ0v) is 10.7. The number of aliphatic hydroxyl groups excluding tert-OH is 1. The number of nitrogens with zero attached hydrogens (tertiary/aromatic N) is 1. The Hall–Kier alpha value is -1.51. The first-order chi connectivity index (χ1) is 8.78. The summed E-state index contributed by atoms with van der Waals surface area (Å²) in [6.07, 6.45) is 0. The third kappa shape index (κ3) is 1.98. The normalized spacial score (nSPS) is 13.8. The van der Waals surface area contributed by atoms with Gasteiger partial charge < -0.3 is 10.0 Å². The van der Waals surface area contributed by atoms with Gasteiger partial charge in [0.2, 0.25) is 0 Å². The Balaban J connectivity index is 1.95. The molecule has 0 amide bonds. The van der Waals surface area contributed by atoms with Crippen LogP contribution in [0.5, 0.6) is 0 Å². The molecular formula is C15H14ClNO. The van der Waals surface area contributed by atoms with E-state index < -0.39 is 0 Å². The van der Waals surface area contributed by atoms with Crippen LogP contribution in [-0.4, -0.2) is 5.11 Å². The highest BCUT2D eigenvalue weighted by Crippen LogP contribution is 2.31. The van der Waals surface area contributed by atoms with E-state index in [2.05, 4.69) is 29.2 Å². The molecule has 2 aromatic rings. The number of hydrogen-bond donors (Lipinski definition) is 1. The summed E-state index contributed by atoms with van der Waals surface area (Å²) in [4.78, 5) is 2.27. The standard InChI is InChI=1S/C15H14ClNO/c16-14-5-6-15(13(7-14)10-18)17-8-11-3-1-2-4-12(11)9-17/h1-7,18H,8-10H2. The molecule has 1 aliphatic rings. The van der Waals surface area contributed by atoms with Gasteiger partial charge in [0.05, 0.1) is 6.61 Å². The lowest BCUT2D eigenvalue weighted by atomic mass is 10.1. The lowest BCUT2D eigenvalue weighted by Crippen LogP contribution is -2.16. The van der Waals surface area contributed by atoms with Crippen molar-refractivity contribution in [1.82, 2.24) is 0 Å². The second kappa shape index (κ2) is 4.63. The number of fused-ring (bicyclic) bond motifs is 1. The van der Waals surface area contributed by atoms with E-state index in [1.807, 2.05) is 18.2 Å². The fourth-order valence-electron chi connectivity index (χ4n) is 2.49. The molecule has 92 valence electrons. The maximum Gasteiger partial charge on any atom is 0.0702 e. The summed E-state index contributed by atoms with van der Waals surface area (Å²) in [5.74, 6) is 0. The number of anilines is 1. The van der Waals surface area contributed by atoms with Crippen LogP contribution in [0.15, 0.2) is 42.5 Å². The molecule has 0 unspecified atom stereocenters. The Morgan fingerprint density at radius 1 is 1.06 bits per heavy atom. The van der Waals surface area contributed by atoms with Gasteiger partial charge in [-0.3, -0.25) is 0 Å². The molecule has 2 nitrogen and oxygen atoms in total. The van der Waals surface area contributed by atoms with Crippen LogP contribution in [0.2, 0.25) is 5.02 Å². The smallest absolute Gasteiger partial charge is 0.0702 e. The molecule has 0 saturated carbocycles. The van der Waals surface area contributed by atoms with Crippen LogP contribution in [-0.2, 0) is 19.7 Å². The number of aliphatic hydroxyl groups is 1. The van der Waals surface area contributed by atoms with Crippen molar-refractivity contribution >= 4 is 17.3 Å². The highest BCUT2D eigenvalue weighted by molar-refractivity contribution is 6.30. The number of rotatable bonds is 2. The van der Waals surface area contributed by atoms with E-state index >= 15 is 0 Å². The molecule has 3 heteroatoms. The molecule has 0 bridgehead atoms. The molecule has 2 aromatic carbocycles. The molecule has 0 saturated heterocycles. The molecule has 0 aromatic heterocycles. The van der Waals surface area contributed by atoms with Crippen LogP contribution in [0.4, 0.5) is 5.69 Å². The molecule has 0 fully saturated rings. The highest BCUT2D eigenvalue weighted by atomic mass is 35.5. The Bertz CT molecular complexity index is 557. The molecule has 18 heavy (non-hydrogen) atoms. The largest absolute Gasteiger partial charge is 0.392 e. The summed E-state index contributed by atoms with van der Waals surface area (Å²) < 4.78 is 0. The lowest BCUT2D eigenvalue weighted by Gasteiger charge is -2.21. The molecule has 0 aliphatic carbocycles. The van der Waals surface area contributed by atoms with E-state index in [9.17, 15) is 5.11 Å². The van der Waals surface area contributed by atoms with E-state index in [-0.39, 0.29) is 6.61 Å². The van der Waals surface area contributed by atoms with Crippen LogP contribution in [0, 0.1) is 0 Å². The predicted molar refractivity (Wildman–Crippen MR) is 73.7 cm³/mol. The van der Waals surface area contributed by atoms with Crippen LogP contribution in [0.3, 0.4) is 0 Å². The van der Waals surface area contributed by atoms with Crippen molar-refractivity contribution in [3.8, 4) is 0 Å². The van der Waals surface area contributed by atoms with Crippen LogP contribution >= 0.6 is 11.6 Å². The van der Waals surface area contributed by atoms with Gasteiger partial charge in [-0.05, 0) is 29.3 Å². The third-order valence-corrected chi connectivity index (χ3v) is 3.63. The number of benzene rings is 2. The second-order valence-electron chi connectivity index (χ2n) is 4.56. The Labute approximate surface area is 111 Å². The number of halogens is 1. The summed E-state index contributed by atoms with van der Waals surface area (Å²) >= 11 is 5.96. The first kappa shape index (κ1) is 11.6. The van der Waals surface area contributed by atoms with Gasteiger partial charge in [0.25, 0.3) is 0 Å².